The molecule has 4 heterocycles. The highest BCUT2D eigenvalue weighted by molar-refractivity contribution is 6.00. The molecule has 0 saturated carbocycles. The number of para-hydroxylation sites is 2. The van der Waals surface area contributed by atoms with Crippen LogP contribution in [0.3, 0.4) is 0 Å². The Kier molecular flexibility index (Phi) is 4.01. The Bertz CT molecular complexity index is 1190. The van der Waals surface area contributed by atoms with Crippen molar-refractivity contribution < 1.29 is 9.21 Å². The molecule has 1 fully saturated rings. The van der Waals surface area contributed by atoms with Gasteiger partial charge in [-0.25, -0.2) is 19.9 Å². The number of fused-ring (bicyclic) bond motifs is 1. The minimum absolute atomic E-state index is 0.00585. The largest absolute Gasteiger partial charge is 0.441 e. The number of carbonyl (C=O) groups is 1. The molecule has 146 valence electrons. The summed E-state index contributed by atoms with van der Waals surface area (Å²) in [5.41, 5.74) is 2.15. The molecule has 0 unspecified atom stereocenters. The van der Waals surface area contributed by atoms with E-state index in [2.05, 4.69) is 42.8 Å². The summed E-state index contributed by atoms with van der Waals surface area (Å²) in [5.74, 6) is 2.72. The van der Waals surface area contributed by atoms with Crippen LogP contribution in [0.1, 0.15) is 28.3 Å². The lowest BCUT2D eigenvalue weighted by Gasteiger charge is -2.39. The van der Waals surface area contributed by atoms with Crippen LogP contribution < -0.4 is 10.2 Å². The molecule has 9 heteroatoms. The first-order chi connectivity index (χ1) is 14.1. The topological polar surface area (TPSA) is 102 Å². The highest BCUT2D eigenvalue weighted by atomic mass is 16.3. The van der Waals surface area contributed by atoms with Crippen molar-refractivity contribution in [1.82, 2.24) is 24.5 Å². The third-order valence-corrected chi connectivity index (χ3v) is 5.09. The molecular weight excluding hydrogens is 370 g/mol. The van der Waals surface area contributed by atoms with Gasteiger partial charge in [0.15, 0.2) is 0 Å². The number of amides is 1. The van der Waals surface area contributed by atoms with Gasteiger partial charge in [-0.2, -0.15) is 0 Å². The average Bonchev–Trinajstić information content (AvgIpc) is 3.30. The summed E-state index contributed by atoms with van der Waals surface area (Å²) in [6.45, 7) is 3.41. The molecule has 0 spiro atoms. The number of imidazole rings is 1. The molecule has 1 amide bonds. The summed E-state index contributed by atoms with van der Waals surface area (Å²) in [4.78, 5) is 31.8. The van der Waals surface area contributed by atoms with Crippen molar-refractivity contribution in [2.24, 2.45) is 7.05 Å². The minimum Gasteiger partial charge on any atom is -0.441 e. The summed E-state index contributed by atoms with van der Waals surface area (Å²) in [5, 5.41) is 2.71. The molecule has 1 N–H and O–H groups in total. The second kappa shape index (κ2) is 6.69. The van der Waals surface area contributed by atoms with Gasteiger partial charge < -0.3 is 19.2 Å². The normalized spacial score (nSPS) is 14.2. The number of carbonyl (C=O) groups excluding carboxylic acids is 1. The van der Waals surface area contributed by atoms with Crippen molar-refractivity contribution >= 4 is 28.6 Å². The number of anilines is 2. The fraction of sp³-hybridized carbons (Fsp3) is 0.250. The summed E-state index contributed by atoms with van der Waals surface area (Å²) in [7, 11) is 2.05. The third kappa shape index (κ3) is 3.10. The summed E-state index contributed by atoms with van der Waals surface area (Å²) >= 11 is 0. The van der Waals surface area contributed by atoms with Crippen LogP contribution in [0.4, 0.5) is 11.6 Å². The van der Waals surface area contributed by atoms with Crippen LogP contribution in [0.5, 0.6) is 0 Å². The van der Waals surface area contributed by atoms with Crippen molar-refractivity contribution in [3.8, 4) is 0 Å². The monoisotopic (exact) mass is 389 g/mol. The van der Waals surface area contributed by atoms with E-state index >= 15 is 0 Å². The van der Waals surface area contributed by atoms with Gasteiger partial charge in [-0.1, -0.05) is 12.1 Å². The molecule has 9 nitrogen and oxygen atoms in total. The quantitative estimate of drug-likeness (QED) is 0.572. The van der Waals surface area contributed by atoms with Crippen molar-refractivity contribution in [3.63, 3.8) is 0 Å². The molecule has 29 heavy (non-hydrogen) atoms. The first-order valence-electron chi connectivity index (χ1n) is 9.31. The van der Waals surface area contributed by atoms with Crippen LogP contribution in [0, 0.1) is 6.92 Å². The number of rotatable bonds is 4. The molecular formula is C20H19N7O2. The number of hydrogen-bond acceptors (Lipinski definition) is 7. The smallest absolute Gasteiger partial charge is 0.312 e. The van der Waals surface area contributed by atoms with Crippen molar-refractivity contribution in [2.75, 3.05) is 23.3 Å². The van der Waals surface area contributed by atoms with Gasteiger partial charge in [-0.05, 0) is 19.1 Å². The van der Waals surface area contributed by atoms with E-state index in [1.165, 1.54) is 12.5 Å². The molecule has 1 aromatic carbocycles. The van der Waals surface area contributed by atoms with Crippen LogP contribution in [0.25, 0.3) is 11.0 Å². The minimum atomic E-state index is -0.444. The predicted octanol–water partition coefficient (Wildman–Crippen LogP) is 2.52. The van der Waals surface area contributed by atoms with Crippen molar-refractivity contribution in [1.29, 1.82) is 0 Å². The standard InChI is InChI=1S/C20H19N7O2/c1-12-22-16(25-19(28)20-21-7-8-29-20)9-17(23-12)27-10-13(11-27)18-24-14-5-3-4-6-15(14)26(18)2/h3-9,13H,10-11H2,1-2H3,(H,22,23,25,28). The van der Waals surface area contributed by atoms with E-state index in [4.69, 9.17) is 9.40 Å². The van der Waals surface area contributed by atoms with Gasteiger partial charge in [0, 0.05) is 26.2 Å². The van der Waals surface area contributed by atoms with E-state index < -0.39 is 5.91 Å². The Morgan fingerprint density at radius 1 is 1.21 bits per heavy atom. The number of hydrogen-bond donors (Lipinski definition) is 1. The molecule has 1 saturated heterocycles. The Balaban J connectivity index is 1.33. The lowest BCUT2D eigenvalue weighted by atomic mass is 9.99. The first-order valence-corrected chi connectivity index (χ1v) is 9.31. The van der Waals surface area contributed by atoms with E-state index in [0.717, 1.165) is 35.8 Å². The molecule has 0 atom stereocenters. The Morgan fingerprint density at radius 3 is 2.79 bits per heavy atom. The van der Waals surface area contributed by atoms with Gasteiger partial charge in [-0.15, -0.1) is 0 Å². The summed E-state index contributed by atoms with van der Waals surface area (Å²) in [6, 6.07) is 9.91. The maximum Gasteiger partial charge on any atom is 0.312 e. The van der Waals surface area contributed by atoms with E-state index in [0.29, 0.717) is 17.6 Å². The average molecular weight is 389 g/mol. The predicted molar refractivity (Wildman–Crippen MR) is 107 cm³/mol. The van der Waals surface area contributed by atoms with Crippen LogP contribution in [-0.4, -0.2) is 43.5 Å². The Hall–Kier alpha value is -3.75. The maximum absolute atomic E-state index is 12.2. The van der Waals surface area contributed by atoms with Crippen LogP contribution in [0.15, 0.2) is 47.2 Å². The summed E-state index contributed by atoms with van der Waals surface area (Å²) in [6.07, 6.45) is 2.78. The fourth-order valence-corrected chi connectivity index (χ4v) is 3.64. The number of oxazole rings is 1. The number of aryl methyl sites for hydroxylation is 2. The van der Waals surface area contributed by atoms with Crippen molar-refractivity contribution in [3.05, 3.63) is 60.3 Å². The maximum atomic E-state index is 12.2. The molecule has 0 bridgehead atoms. The molecule has 1 aliphatic rings. The van der Waals surface area contributed by atoms with Crippen LogP contribution in [0.2, 0.25) is 0 Å². The number of nitrogens with one attached hydrogen (secondary N) is 1. The summed E-state index contributed by atoms with van der Waals surface area (Å²) < 4.78 is 7.18. The molecule has 3 aromatic heterocycles. The first kappa shape index (κ1) is 17.4. The van der Waals surface area contributed by atoms with E-state index in [1.54, 1.807) is 13.0 Å². The lowest BCUT2D eigenvalue weighted by molar-refractivity contribution is 0.0990. The molecule has 5 rings (SSSR count). The number of nitrogens with zero attached hydrogens (tertiary/aromatic N) is 6. The number of benzene rings is 1. The van der Waals surface area contributed by atoms with E-state index in [9.17, 15) is 4.79 Å². The highest BCUT2D eigenvalue weighted by Crippen LogP contribution is 2.32. The fourth-order valence-electron chi connectivity index (χ4n) is 3.64. The van der Waals surface area contributed by atoms with E-state index in [1.807, 2.05) is 18.2 Å². The SMILES string of the molecule is Cc1nc(NC(=O)c2ncco2)cc(N2CC(c3nc4ccccc4n3C)C2)n1. The van der Waals surface area contributed by atoms with Gasteiger partial charge in [0.2, 0.25) is 0 Å². The van der Waals surface area contributed by atoms with Crippen molar-refractivity contribution in [2.45, 2.75) is 12.8 Å². The lowest BCUT2D eigenvalue weighted by Crippen LogP contribution is -2.46. The second-order valence-corrected chi connectivity index (χ2v) is 7.07. The Labute approximate surface area is 166 Å². The van der Waals surface area contributed by atoms with Gasteiger partial charge in [-0.3, -0.25) is 4.79 Å². The third-order valence-electron chi connectivity index (χ3n) is 5.09. The molecule has 0 radical (unpaired) electrons. The second-order valence-electron chi connectivity index (χ2n) is 7.07. The zero-order chi connectivity index (χ0) is 20.0. The zero-order valence-electron chi connectivity index (χ0n) is 16.0. The molecule has 1 aliphatic heterocycles. The number of aromatic nitrogens is 5. The molecule has 4 aromatic rings. The van der Waals surface area contributed by atoms with Crippen LogP contribution in [-0.2, 0) is 7.05 Å². The van der Waals surface area contributed by atoms with E-state index in [-0.39, 0.29) is 5.89 Å². The highest BCUT2D eigenvalue weighted by Gasteiger charge is 2.33. The van der Waals surface area contributed by atoms with Gasteiger partial charge in [0.25, 0.3) is 5.89 Å². The van der Waals surface area contributed by atoms with Gasteiger partial charge in [0.1, 0.15) is 29.5 Å². The van der Waals surface area contributed by atoms with Gasteiger partial charge in [0.05, 0.1) is 23.1 Å². The molecule has 0 aliphatic carbocycles. The van der Waals surface area contributed by atoms with Crippen LogP contribution >= 0.6 is 0 Å². The Morgan fingerprint density at radius 2 is 2.03 bits per heavy atom. The van der Waals surface area contributed by atoms with Gasteiger partial charge >= 0.3 is 5.91 Å². The zero-order valence-corrected chi connectivity index (χ0v) is 16.0.